The second kappa shape index (κ2) is 17.3. The third-order valence-electron chi connectivity index (χ3n) is 7.93. The Balaban J connectivity index is 0.00000376. The van der Waals surface area contributed by atoms with Gasteiger partial charge in [-0.3, -0.25) is 0 Å². The van der Waals surface area contributed by atoms with E-state index in [4.69, 9.17) is 14.2 Å². The molecule has 0 atom stereocenters. The normalized spacial score (nSPS) is 11.7. The molecule has 3 aromatic carbocycles. The van der Waals surface area contributed by atoms with E-state index in [-0.39, 0.29) is 42.0 Å². The van der Waals surface area contributed by atoms with E-state index in [0.29, 0.717) is 29.5 Å². The van der Waals surface area contributed by atoms with Crippen LogP contribution < -0.4 is 5.73 Å². The molecule has 0 saturated heterocycles. The van der Waals surface area contributed by atoms with E-state index in [1.54, 1.807) is 36.4 Å². The molecule has 0 amide bonds. The lowest BCUT2D eigenvalue weighted by Crippen LogP contribution is -2.20. The smallest absolute Gasteiger partial charge is 0.338 e. The Hall–Kier alpha value is -3.97. The van der Waals surface area contributed by atoms with Crippen LogP contribution in [0.1, 0.15) is 123 Å². The van der Waals surface area contributed by atoms with Crippen LogP contribution in [0.3, 0.4) is 0 Å². The molecule has 47 heavy (non-hydrogen) atoms. The first-order valence-corrected chi connectivity index (χ1v) is 16.4. The molecule has 0 bridgehead atoms. The van der Waals surface area contributed by atoms with Gasteiger partial charge in [-0.05, 0) is 95.1 Å². The molecule has 0 radical (unpaired) electrons. The maximum atomic E-state index is 12.8. The van der Waals surface area contributed by atoms with E-state index in [1.165, 1.54) is 7.05 Å². The number of carbonyl (C=O) groups excluding carboxylic acids is 3. The van der Waals surface area contributed by atoms with Crippen LogP contribution in [-0.4, -0.2) is 44.8 Å². The molecule has 0 aliphatic heterocycles. The predicted molar refractivity (Wildman–Crippen MR) is 189 cm³/mol. The average Bonchev–Trinajstić information content (AvgIpc) is 3.03. The molecule has 0 unspecified atom stereocenters. The van der Waals surface area contributed by atoms with Crippen molar-refractivity contribution in [3.63, 3.8) is 0 Å². The van der Waals surface area contributed by atoms with Crippen LogP contribution in [0.4, 0.5) is 0 Å². The van der Waals surface area contributed by atoms with Gasteiger partial charge in [0.2, 0.25) is 0 Å². The summed E-state index contributed by atoms with van der Waals surface area (Å²) in [5, 5.41) is 0. The van der Waals surface area contributed by atoms with Crippen LogP contribution in [0, 0.1) is 5.92 Å². The van der Waals surface area contributed by atoms with Gasteiger partial charge in [-0.25, -0.2) is 14.4 Å². The van der Waals surface area contributed by atoms with Gasteiger partial charge in [-0.15, -0.1) is 0 Å². The predicted octanol–water partition coefficient (Wildman–Crippen LogP) is 8.42. The van der Waals surface area contributed by atoms with Gasteiger partial charge in [0.05, 0.1) is 36.5 Å². The van der Waals surface area contributed by atoms with E-state index in [1.807, 2.05) is 36.4 Å². The number of nitrogens with two attached hydrogens (primary N) is 1. The van der Waals surface area contributed by atoms with Gasteiger partial charge in [-0.2, -0.15) is 0 Å². The van der Waals surface area contributed by atoms with Gasteiger partial charge in [0.1, 0.15) is 0 Å². The topological polar surface area (TPSA) is 105 Å². The molecule has 7 nitrogen and oxygen atoms in total. The summed E-state index contributed by atoms with van der Waals surface area (Å²) >= 11 is 0. The fraction of sp³-hybridized carbons (Fsp3) is 0.475. The lowest BCUT2D eigenvalue weighted by atomic mass is 9.87. The lowest BCUT2D eigenvalue weighted by Gasteiger charge is -2.20. The molecule has 0 saturated carbocycles. The highest BCUT2D eigenvalue weighted by Gasteiger charge is 2.20. The number of esters is 3. The van der Waals surface area contributed by atoms with E-state index in [2.05, 4.69) is 68.0 Å². The number of carbonyl (C=O) groups is 3. The van der Waals surface area contributed by atoms with Gasteiger partial charge in [0.15, 0.2) is 0 Å². The third-order valence-corrected chi connectivity index (χ3v) is 7.93. The summed E-state index contributed by atoms with van der Waals surface area (Å²) in [7, 11) is 1.50. The quantitative estimate of drug-likeness (QED) is 0.165. The summed E-state index contributed by atoms with van der Waals surface area (Å²) in [5.41, 5.74) is 9.28. The Morgan fingerprint density at radius 2 is 0.745 bits per heavy atom. The average molecular weight is 646 g/mol. The van der Waals surface area contributed by atoms with Crippen molar-refractivity contribution in [2.24, 2.45) is 11.7 Å². The largest absolute Gasteiger partial charge is 0.462 e. The fourth-order valence-electron chi connectivity index (χ4n) is 4.71. The van der Waals surface area contributed by atoms with Gasteiger partial charge in [0.25, 0.3) is 0 Å². The number of ether oxygens (including phenoxy) is 3. The fourth-order valence-corrected chi connectivity index (χ4v) is 4.71. The zero-order valence-corrected chi connectivity index (χ0v) is 30.1. The minimum absolute atomic E-state index is 0.0128. The summed E-state index contributed by atoms with van der Waals surface area (Å²) in [6, 6.07) is 22.3. The highest BCUT2D eigenvalue weighted by atomic mass is 16.5. The Bertz CT molecular complexity index is 1350. The summed E-state index contributed by atoms with van der Waals surface area (Å²) in [4.78, 5) is 38.3. The molecule has 0 fully saturated rings. The first kappa shape index (κ1) is 39.2. The second-order valence-electron chi connectivity index (χ2n) is 14.8. The molecule has 0 aromatic heterocycles. The molecule has 2 N–H and O–H groups in total. The maximum absolute atomic E-state index is 12.8. The molecule has 0 aliphatic carbocycles. The Morgan fingerprint density at radius 3 is 1.00 bits per heavy atom. The van der Waals surface area contributed by atoms with Crippen molar-refractivity contribution in [3.05, 3.63) is 106 Å². The van der Waals surface area contributed by atoms with Crippen LogP contribution in [0.15, 0.2) is 72.8 Å². The van der Waals surface area contributed by atoms with Crippen molar-refractivity contribution in [3.8, 4) is 0 Å². The summed E-state index contributed by atoms with van der Waals surface area (Å²) in [6.07, 6.45) is 0.889. The molecule has 3 aromatic rings. The lowest BCUT2D eigenvalue weighted by molar-refractivity contribution is 0.0284. The third kappa shape index (κ3) is 12.6. The van der Waals surface area contributed by atoms with Gasteiger partial charge in [-0.1, -0.05) is 98.7 Å². The van der Waals surface area contributed by atoms with Crippen LogP contribution in [-0.2, 0) is 30.5 Å². The number of hydrogen-bond donors (Lipinski definition) is 1. The molecule has 0 aliphatic rings. The van der Waals surface area contributed by atoms with E-state index < -0.39 is 17.9 Å². The van der Waals surface area contributed by atoms with Crippen LogP contribution in [0.5, 0.6) is 0 Å². The van der Waals surface area contributed by atoms with Gasteiger partial charge >= 0.3 is 17.9 Å². The zero-order valence-electron chi connectivity index (χ0n) is 30.1. The van der Waals surface area contributed by atoms with Crippen molar-refractivity contribution in [1.82, 2.24) is 0 Å². The Morgan fingerprint density at radius 1 is 0.489 bits per heavy atom. The SMILES string of the molecule is CC(C)(C)c1ccc(C(=O)OCCC(CCOC(=O)c2ccc(C(C)(C)C)cc2)COC(=O)c2ccc(C(C)(C)C)cc2)cc1.CN. The molecule has 7 heteroatoms. The van der Waals surface area contributed by atoms with Gasteiger partial charge < -0.3 is 19.9 Å². The number of benzene rings is 3. The molecular formula is C40H55NO6. The first-order valence-electron chi connectivity index (χ1n) is 16.4. The maximum Gasteiger partial charge on any atom is 0.338 e. The van der Waals surface area contributed by atoms with E-state index >= 15 is 0 Å². The first-order chi connectivity index (χ1) is 21.9. The number of rotatable bonds is 11. The minimum atomic E-state index is -0.424. The van der Waals surface area contributed by atoms with E-state index in [0.717, 1.165) is 16.7 Å². The summed E-state index contributed by atoms with van der Waals surface area (Å²) in [5.74, 6) is -1.42. The van der Waals surface area contributed by atoms with Crippen molar-refractivity contribution in [1.29, 1.82) is 0 Å². The summed E-state index contributed by atoms with van der Waals surface area (Å²) in [6.45, 7) is 19.5. The van der Waals surface area contributed by atoms with E-state index in [9.17, 15) is 14.4 Å². The van der Waals surface area contributed by atoms with Crippen LogP contribution in [0.2, 0.25) is 0 Å². The standard InChI is InChI=1S/C39H50O6.CH5N/c1-37(2,3)31-16-10-28(11-17-31)34(40)43-24-22-27(26-45-36(42)30-14-20-33(21-15-30)39(7,8)9)23-25-44-35(41)29-12-18-32(19-13-29)38(4,5)6;1-2/h10-21,27H,22-26H2,1-9H3;2H2,1H3. The van der Waals surface area contributed by atoms with Crippen LogP contribution in [0.25, 0.3) is 0 Å². The monoisotopic (exact) mass is 645 g/mol. The minimum Gasteiger partial charge on any atom is -0.462 e. The summed E-state index contributed by atoms with van der Waals surface area (Å²) < 4.78 is 16.8. The second-order valence-corrected chi connectivity index (χ2v) is 14.8. The number of hydrogen-bond acceptors (Lipinski definition) is 7. The highest BCUT2D eigenvalue weighted by molar-refractivity contribution is 5.90. The Labute approximate surface area is 282 Å². The molecule has 3 rings (SSSR count). The van der Waals surface area contributed by atoms with Gasteiger partial charge in [0, 0.05) is 0 Å². The molecule has 0 spiro atoms. The molecule has 0 heterocycles. The molecule has 256 valence electrons. The Kier molecular flexibility index (Phi) is 14.4. The van der Waals surface area contributed by atoms with Crippen molar-refractivity contribution >= 4 is 17.9 Å². The highest BCUT2D eigenvalue weighted by Crippen LogP contribution is 2.25. The zero-order chi connectivity index (χ0) is 35.4. The van der Waals surface area contributed by atoms with Crippen molar-refractivity contribution in [2.75, 3.05) is 26.9 Å². The van der Waals surface area contributed by atoms with Crippen LogP contribution >= 0.6 is 0 Å². The van der Waals surface area contributed by atoms with Crippen molar-refractivity contribution in [2.45, 2.75) is 91.4 Å². The molecular weight excluding hydrogens is 590 g/mol. The van der Waals surface area contributed by atoms with Crippen molar-refractivity contribution < 1.29 is 28.6 Å².